The lowest BCUT2D eigenvalue weighted by molar-refractivity contribution is -0.384. The molecule has 7 heteroatoms. The maximum atomic E-state index is 11.0. The number of benzene rings is 1. The number of hydrazine groups is 1. The quantitative estimate of drug-likeness (QED) is 0.493. The summed E-state index contributed by atoms with van der Waals surface area (Å²) in [5, 5.41) is 11.0. The van der Waals surface area contributed by atoms with Gasteiger partial charge in [0.1, 0.15) is 5.69 Å². The van der Waals surface area contributed by atoms with Gasteiger partial charge in [0, 0.05) is 24.7 Å². The topological polar surface area (TPSA) is 93.7 Å². The van der Waals surface area contributed by atoms with Crippen LogP contribution in [-0.2, 0) is 11.3 Å². The van der Waals surface area contributed by atoms with Crippen LogP contribution < -0.4 is 11.3 Å². The molecule has 0 saturated carbocycles. The van der Waals surface area contributed by atoms with Gasteiger partial charge in [-0.3, -0.25) is 20.9 Å². The SMILES string of the molecule is CC1(C)COCCN1Cc1ccc(NN)c([N+](=O)[O-])c1. The molecule has 110 valence electrons. The summed E-state index contributed by atoms with van der Waals surface area (Å²) in [5.74, 6) is 5.28. The Labute approximate surface area is 117 Å². The van der Waals surface area contributed by atoms with Gasteiger partial charge in [0.15, 0.2) is 0 Å². The van der Waals surface area contributed by atoms with Crippen LogP contribution in [-0.4, -0.2) is 35.1 Å². The van der Waals surface area contributed by atoms with E-state index in [-0.39, 0.29) is 11.2 Å². The van der Waals surface area contributed by atoms with E-state index >= 15 is 0 Å². The van der Waals surface area contributed by atoms with Crippen molar-refractivity contribution >= 4 is 11.4 Å². The average molecular weight is 280 g/mol. The Morgan fingerprint density at radius 3 is 2.90 bits per heavy atom. The first-order valence-corrected chi connectivity index (χ1v) is 6.51. The van der Waals surface area contributed by atoms with E-state index in [0.717, 1.165) is 12.1 Å². The van der Waals surface area contributed by atoms with Gasteiger partial charge in [-0.25, -0.2) is 0 Å². The van der Waals surface area contributed by atoms with E-state index in [1.165, 1.54) is 0 Å². The van der Waals surface area contributed by atoms with Crippen LogP contribution in [0.4, 0.5) is 11.4 Å². The van der Waals surface area contributed by atoms with Crippen LogP contribution in [0, 0.1) is 10.1 Å². The van der Waals surface area contributed by atoms with Gasteiger partial charge >= 0.3 is 0 Å². The predicted octanol–water partition coefficient (Wildman–Crippen LogP) is 1.49. The third kappa shape index (κ3) is 3.06. The standard InChI is InChI=1S/C13H20N4O3/c1-13(2)9-20-6-5-16(13)8-10-3-4-11(15-14)12(7-10)17(18)19/h3-4,7,15H,5-6,8-9,14H2,1-2H3. The molecule has 1 aromatic rings. The molecule has 0 bridgehead atoms. The van der Waals surface area contributed by atoms with E-state index in [0.29, 0.717) is 25.4 Å². The van der Waals surface area contributed by atoms with Crippen molar-refractivity contribution in [1.82, 2.24) is 4.90 Å². The van der Waals surface area contributed by atoms with Gasteiger partial charge in [-0.05, 0) is 25.5 Å². The fourth-order valence-electron chi connectivity index (χ4n) is 2.35. The van der Waals surface area contributed by atoms with Crippen LogP contribution in [0.3, 0.4) is 0 Å². The lowest BCUT2D eigenvalue weighted by atomic mass is 10.0. The Kier molecular flexibility index (Phi) is 4.22. The third-order valence-corrected chi connectivity index (χ3v) is 3.60. The molecule has 0 unspecified atom stereocenters. The fourth-order valence-corrected chi connectivity index (χ4v) is 2.35. The van der Waals surface area contributed by atoms with Crippen molar-refractivity contribution in [3.63, 3.8) is 0 Å². The van der Waals surface area contributed by atoms with Gasteiger partial charge in [0.25, 0.3) is 5.69 Å². The molecule has 2 rings (SSSR count). The van der Waals surface area contributed by atoms with Crippen LogP contribution in [0.5, 0.6) is 0 Å². The zero-order valence-corrected chi connectivity index (χ0v) is 11.8. The van der Waals surface area contributed by atoms with Crippen molar-refractivity contribution < 1.29 is 9.66 Å². The molecule has 1 aromatic carbocycles. The summed E-state index contributed by atoms with van der Waals surface area (Å²) in [6, 6.07) is 5.06. The van der Waals surface area contributed by atoms with Gasteiger partial charge < -0.3 is 10.2 Å². The average Bonchev–Trinajstić information content (AvgIpc) is 2.41. The lowest BCUT2D eigenvalue weighted by Crippen LogP contribution is -2.52. The number of nitrogens with one attached hydrogen (secondary N) is 1. The minimum absolute atomic E-state index is 0.00364. The summed E-state index contributed by atoms with van der Waals surface area (Å²) in [7, 11) is 0. The first-order chi connectivity index (χ1) is 9.44. The Hall–Kier alpha value is -1.70. The number of rotatable bonds is 4. The number of nitrogens with two attached hydrogens (primary N) is 1. The second-order valence-corrected chi connectivity index (χ2v) is 5.54. The molecular weight excluding hydrogens is 260 g/mol. The summed E-state index contributed by atoms with van der Waals surface area (Å²) in [6.07, 6.45) is 0. The summed E-state index contributed by atoms with van der Waals surface area (Å²) in [4.78, 5) is 12.9. The largest absolute Gasteiger partial charge is 0.378 e. The Balaban J connectivity index is 2.21. The minimum Gasteiger partial charge on any atom is -0.378 e. The Morgan fingerprint density at radius 2 is 2.30 bits per heavy atom. The number of nitrogens with zero attached hydrogens (tertiary/aromatic N) is 2. The van der Waals surface area contributed by atoms with E-state index in [9.17, 15) is 10.1 Å². The summed E-state index contributed by atoms with van der Waals surface area (Å²) in [6.45, 7) is 7.04. The van der Waals surface area contributed by atoms with Crippen molar-refractivity contribution in [3.8, 4) is 0 Å². The molecule has 20 heavy (non-hydrogen) atoms. The monoisotopic (exact) mass is 280 g/mol. The van der Waals surface area contributed by atoms with Crippen LogP contribution in [0.2, 0.25) is 0 Å². The first kappa shape index (κ1) is 14.7. The highest BCUT2D eigenvalue weighted by Crippen LogP contribution is 2.27. The number of nitro benzene ring substituents is 1. The molecule has 0 aromatic heterocycles. The molecule has 0 atom stereocenters. The Bertz CT molecular complexity index is 504. The van der Waals surface area contributed by atoms with Crippen molar-refractivity contribution in [2.45, 2.75) is 25.9 Å². The first-order valence-electron chi connectivity index (χ1n) is 6.51. The highest BCUT2D eigenvalue weighted by Gasteiger charge is 2.30. The van der Waals surface area contributed by atoms with Crippen molar-refractivity contribution in [3.05, 3.63) is 33.9 Å². The molecule has 1 aliphatic heterocycles. The zero-order chi connectivity index (χ0) is 14.8. The molecule has 0 radical (unpaired) electrons. The van der Waals surface area contributed by atoms with Crippen LogP contribution in [0.15, 0.2) is 18.2 Å². The summed E-state index contributed by atoms with van der Waals surface area (Å²) < 4.78 is 5.47. The number of morpholine rings is 1. The van der Waals surface area contributed by atoms with E-state index in [4.69, 9.17) is 10.6 Å². The van der Waals surface area contributed by atoms with E-state index in [1.54, 1.807) is 12.1 Å². The van der Waals surface area contributed by atoms with E-state index in [2.05, 4.69) is 24.2 Å². The number of ether oxygens (including phenoxy) is 1. The smallest absolute Gasteiger partial charge is 0.293 e. The van der Waals surface area contributed by atoms with Crippen molar-refractivity contribution in [1.29, 1.82) is 0 Å². The normalized spacial score (nSPS) is 18.8. The molecule has 0 spiro atoms. The van der Waals surface area contributed by atoms with Crippen molar-refractivity contribution in [2.24, 2.45) is 5.84 Å². The molecule has 0 aliphatic carbocycles. The maximum Gasteiger partial charge on any atom is 0.293 e. The van der Waals surface area contributed by atoms with Gasteiger partial charge in [-0.15, -0.1) is 0 Å². The predicted molar refractivity (Wildman–Crippen MR) is 76.2 cm³/mol. The lowest BCUT2D eigenvalue weighted by Gasteiger charge is -2.42. The van der Waals surface area contributed by atoms with Gasteiger partial charge in [0.2, 0.25) is 0 Å². The second kappa shape index (κ2) is 5.74. The molecule has 3 N–H and O–H groups in total. The number of nitro groups is 1. The highest BCUT2D eigenvalue weighted by molar-refractivity contribution is 5.61. The molecule has 1 fully saturated rings. The van der Waals surface area contributed by atoms with Crippen LogP contribution in [0.25, 0.3) is 0 Å². The Morgan fingerprint density at radius 1 is 1.55 bits per heavy atom. The molecule has 7 nitrogen and oxygen atoms in total. The fraction of sp³-hybridized carbons (Fsp3) is 0.538. The number of hydrogen-bond acceptors (Lipinski definition) is 6. The molecular formula is C13H20N4O3. The maximum absolute atomic E-state index is 11.0. The number of hydrogen-bond donors (Lipinski definition) is 2. The number of nitrogen functional groups attached to an aromatic ring is 1. The third-order valence-electron chi connectivity index (χ3n) is 3.60. The van der Waals surface area contributed by atoms with E-state index < -0.39 is 4.92 Å². The van der Waals surface area contributed by atoms with Crippen LogP contribution in [0.1, 0.15) is 19.4 Å². The van der Waals surface area contributed by atoms with Crippen LogP contribution >= 0.6 is 0 Å². The summed E-state index contributed by atoms with van der Waals surface area (Å²) in [5.41, 5.74) is 3.49. The molecule has 1 aliphatic rings. The van der Waals surface area contributed by atoms with Gasteiger partial charge in [-0.2, -0.15) is 0 Å². The van der Waals surface area contributed by atoms with Gasteiger partial charge in [0.05, 0.1) is 18.1 Å². The van der Waals surface area contributed by atoms with Crippen molar-refractivity contribution in [2.75, 3.05) is 25.2 Å². The zero-order valence-electron chi connectivity index (χ0n) is 11.8. The second-order valence-electron chi connectivity index (χ2n) is 5.54. The number of anilines is 1. The molecule has 1 heterocycles. The summed E-state index contributed by atoms with van der Waals surface area (Å²) >= 11 is 0. The highest BCUT2D eigenvalue weighted by atomic mass is 16.6. The van der Waals surface area contributed by atoms with Gasteiger partial charge in [-0.1, -0.05) is 6.07 Å². The molecule has 0 amide bonds. The minimum atomic E-state index is -0.427. The van der Waals surface area contributed by atoms with E-state index in [1.807, 2.05) is 6.07 Å². The molecule has 1 saturated heterocycles.